The molecule has 0 bridgehead atoms. The van der Waals surface area contributed by atoms with Crippen LogP contribution in [0.5, 0.6) is 11.5 Å². The third-order valence-corrected chi connectivity index (χ3v) is 8.64. The van der Waals surface area contributed by atoms with E-state index in [-0.39, 0.29) is 36.3 Å². The number of piperidine rings is 1. The lowest BCUT2D eigenvalue weighted by Gasteiger charge is -2.27. The fourth-order valence-electron chi connectivity index (χ4n) is 5.56. The Labute approximate surface area is 255 Å². The molecule has 0 aliphatic carbocycles. The van der Waals surface area contributed by atoms with Crippen molar-refractivity contribution in [2.45, 2.75) is 37.5 Å². The van der Waals surface area contributed by atoms with Gasteiger partial charge in [-0.3, -0.25) is 9.59 Å². The number of aryl methyl sites for hydroxylation is 1. The zero-order valence-electron chi connectivity index (χ0n) is 23.7. The van der Waals surface area contributed by atoms with Gasteiger partial charge in [0.15, 0.2) is 11.5 Å². The van der Waals surface area contributed by atoms with Crippen molar-refractivity contribution >= 4 is 35.9 Å². The van der Waals surface area contributed by atoms with Gasteiger partial charge in [-0.05, 0) is 69.4 Å². The Morgan fingerprint density at radius 3 is 2.64 bits per heavy atom. The topological polar surface area (TPSA) is 118 Å². The number of morpholine rings is 1. The molecule has 10 nitrogen and oxygen atoms in total. The summed E-state index contributed by atoms with van der Waals surface area (Å²) in [4.78, 5) is 36.7. The van der Waals surface area contributed by atoms with Crippen LogP contribution in [0.3, 0.4) is 0 Å². The van der Waals surface area contributed by atoms with Gasteiger partial charge in [-0.1, -0.05) is 0 Å². The predicted octanol–water partition coefficient (Wildman–Crippen LogP) is 3.75. The molecule has 5 heterocycles. The molecule has 1 atom stereocenters. The zero-order valence-corrected chi connectivity index (χ0v) is 25.4. The first-order valence-corrected chi connectivity index (χ1v) is 15.3. The summed E-state index contributed by atoms with van der Waals surface area (Å²) in [5.41, 5.74) is 3.14. The number of benzene rings is 1. The Hall–Kier alpha value is -3.25. The molecule has 1 aromatic carbocycles. The van der Waals surface area contributed by atoms with Crippen LogP contribution in [0.4, 0.5) is 5.82 Å². The number of pyridine rings is 2. The summed E-state index contributed by atoms with van der Waals surface area (Å²) in [6, 6.07) is 9.48. The predicted molar refractivity (Wildman–Crippen MR) is 165 cm³/mol. The lowest BCUT2D eigenvalue weighted by Crippen LogP contribution is -2.37. The maximum Gasteiger partial charge on any atom is 0.254 e. The van der Waals surface area contributed by atoms with E-state index in [0.29, 0.717) is 35.8 Å². The van der Waals surface area contributed by atoms with Crippen LogP contribution < -0.4 is 30.6 Å². The van der Waals surface area contributed by atoms with Crippen LogP contribution >= 0.6 is 24.2 Å². The molecule has 2 saturated heterocycles. The summed E-state index contributed by atoms with van der Waals surface area (Å²) in [6.07, 6.45) is 5.25. The standard InChI is InChI=1S/C30H35N5O5S.ClH/c1-18-13-25(41-2)23(29(37)34-18)17-33-28(36)21-14-22(20-3-4-26(32-16-20)35-9-11-38-12-10-35)27-24(15-21)39-30(40-27)19-5-7-31-8-6-19;/h3-4,13-16,19,30-31H,5-12,17H2,1-2H3,(H,33,36)(H,34,37);1H. The van der Waals surface area contributed by atoms with Crippen molar-refractivity contribution in [3.05, 3.63) is 63.7 Å². The second kappa shape index (κ2) is 13.4. The Bertz CT molecular complexity index is 1470. The van der Waals surface area contributed by atoms with Gasteiger partial charge in [0.2, 0.25) is 6.29 Å². The van der Waals surface area contributed by atoms with Crippen LogP contribution in [0.25, 0.3) is 11.1 Å². The molecule has 12 heteroatoms. The van der Waals surface area contributed by atoms with E-state index >= 15 is 0 Å². The molecule has 224 valence electrons. The molecular formula is C30H36ClN5O5S. The van der Waals surface area contributed by atoms with Gasteiger partial charge in [-0.25, -0.2) is 4.98 Å². The number of thioether (sulfide) groups is 1. The summed E-state index contributed by atoms with van der Waals surface area (Å²) >= 11 is 1.48. The first kappa shape index (κ1) is 30.2. The molecule has 1 unspecified atom stereocenters. The SMILES string of the molecule is CSc1cc(C)[nH]c(=O)c1CNC(=O)c1cc2c(c(-c3ccc(N4CCOCC4)nc3)c1)OC(C1CCNCC1)O2.Cl. The molecule has 3 aliphatic heterocycles. The molecule has 2 aromatic heterocycles. The Kier molecular flexibility index (Phi) is 9.62. The van der Waals surface area contributed by atoms with Gasteiger partial charge in [0.25, 0.3) is 11.5 Å². The smallest absolute Gasteiger partial charge is 0.254 e. The number of carbonyl (C=O) groups is 1. The van der Waals surface area contributed by atoms with Gasteiger partial charge in [0.1, 0.15) is 5.82 Å². The highest BCUT2D eigenvalue weighted by molar-refractivity contribution is 7.98. The van der Waals surface area contributed by atoms with E-state index in [1.54, 1.807) is 6.07 Å². The highest BCUT2D eigenvalue weighted by Crippen LogP contribution is 2.46. The number of amides is 1. The molecule has 3 aromatic rings. The van der Waals surface area contributed by atoms with Gasteiger partial charge in [0.05, 0.1) is 13.2 Å². The van der Waals surface area contributed by atoms with Crippen LogP contribution in [0.15, 0.2) is 46.2 Å². The van der Waals surface area contributed by atoms with Gasteiger partial charge >= 0.3 is 0 Å². The number of hydrogen-bond donors (Lipinski definition) is 3. The fraction of sp³-hybridized carbons (Fsp3) is 0.433. The maximum absolute atomic E-state index is 13.5. The number of anilines is 1. The third-order valence-electron chi connectivity index (χ3n) is 7.83. The summed E-state index contributed by atoms with van der Waals surface area (Å²) < 4.78 is 18.2. The Morgan fingerprint density at radius 2 is 1.93 bits per heavy atom. The van der Waals surface area contributed by atoms with Crippen LogP contribution in [0, 0.1) is 12.8 Å². The summed E-state index contributed by atoms with van der Waals surface area (Å²) in [5.74, 6) is 2.03. The number of aromatic amines is 1. The van der Waals surface area contributed by atoms with Crippen molar-refractivity contribution in [3.8, 4) is 22.6 Å². The molecule has 2 fully saturated rings. The van der Waals surface area contributed by atoms with E-state index in [1.807, 2.05) is 43.6 Å². The molecule has 0 spiro atoms. The minimum atomic E-state index is -0.403. The summed E-state index contributed by atoms with van der Waals surface area (Å²) in [5, 5.41) is 6.32. The van der Waals surface area contributed by atoms with E-state index in [4.69, 9.17) is 19.2 Å². The number of hydrogen-bond acceptors (Lipinski definition) is 9. The normalized spacial score (nSPS) is 18.4. The number of carbonyl (C=O) groups excluding carboxylic acids is 1. The molecule has 42 heavy (non-hydrogen) atoms. The average Bonchev–Trinajstić information content (AvgIpc) is 3.45. The first-order valence-electron chi connectivity index (χ1n) is 14.1. The van der Waals surface area contributed by atoms with E-state index in [1.165, 1.54) is 11.8 Å². The Morgan fingerprint density at radius 1 is 1.14 bits per heavy atom. The van der Waals surface area contributed by atoms with Crippen LogP contribution in [0.1, 0.15) is 34.5 Å². The number of nitrogens with one attached hydrogen (secondary N) is 3. The van der Waals surface area contributed by atoms with Crippen molar-refractivity contribution in [1.82, 2.24) is 20.6 Å². The lowest BCUT2D eigenvalue weighted by atomic mass is 9.98. The molecule has 3 N–H and O–H groups in total. The second-order valence-corrected chi connectivity index (χ2v) is 11.4. The van der Waals surface area contributed by atoms with Crippen molar-refractivity contribution in [2.75, 3.05) is 50.5 Å². The molecule has 3 aliphatic rings. The van der Waals surface area contributed by atoms with E-state index < -0.39 is 6.29 Å². The largest absolute Gasteiger partial charge is 0.451 e. The minimum Gasteiger partial charge on any atom is -0.451 e. The van der Waals surface area contributed by atoms with Gasteiger partial charge in [-0.15, -0.1) is 24.2 Å². The Balaban J connectivity index is 0.00000353. The first-order chi connectivity index (χ1) is 20.0. The second-order valence-electron chi connectivity index (χ2n) is 10.6. The number of halogens is 1. The van der Waals surface area contributed by atoms with E-state index in [2.05, 4.69) is 20.5 Å². The molecule has 0 saturated carbocycles. The van der Waals surface area contributed by atoms with Crippen molar-refractivity contribution < 1.29 is 19.0 Å². The maximum atomic E-state index is 13.5. The number of H-pyrrole nitrogens is 1. The number of nitrogens with zero attached hydrogens (tertiary/aromatic N) is 2. The van der Waals surface area contributed by atoms with Gasteiger partial charge in [-0.2, -0.15) is 0 Å². The monoisotopic (exact) mass is 613 g/mol. The van der Waals surface area contributed by atoms with E-state index in [9.17, 15) is 9.59 Å². The summed E-state index contributed by atoms with van der Waals surface area (Å²) in [7, 11) is 0. The third kappa shape index (κ3) is 6.39. The van der Waals surface area contributed by atoms with Gasteiger partial charge < -0.3 is 34.7 Å². The van der Waals surface area contributed by atoms with Crippen LogP contribution in [-0.2, 0) is 11.3 Å². The van der Waals surface area contributed by atoms with Crippen molar-refractivity contribution in [2.24, 2.45) is 5.92 Å². The molecule has 1 amide bonds. The number of rotatable bonds is 7. The molecule has 6 rings (SSSR count). The lowest BCUT2D eigenvalue weighted by molar-refractivity contribution is -0.0147. The average molecular weight is 614 g/mol. The highest BCUT2D eigenvalue weighted by Gasteiger charge is 2.35. The minimum absolute atomic E-state index is 0. The van der Waals surface area contributed by atoms with E-state index in [0.717, 1.165) is 66.6 Å². The van der Waals surface area contributed by atoms with Gasteiger partial charge in [0, 0.05) is 64.6 Å². The fourth-order valence-corrected chi connectivity index (χ4v) is 6.27. The molecular weight excluding hydrogens is 578 g/mol. The quantitative estimate of drug-likeness (QED) is 0.342. The number of ether oxygens (including phenoxy) is 3. The van der Waals surface area contributed by atoms with Crippen LogP contribution in [-0.4, -0.2) is 67.8 Å². The van der Waals surface area contributed by atoms with Crippen molar-refractivity contribution in [3.63, 3.8) is 0 Å². The number of fused-ring (bicyclic) bond motifs is 1. The van der Waals surface area contributed by atoms with Crippen molar-refractivity contribution in [1.29, 1.82) is 0 Å². The molecule has 0 radical (unpaired) electrons. The number of aromatic nitrogens is 2. The zero-order chi connectivity index (χ0) is 28.3. The highest BCUT2D eigenvalue weighted by atomic mass is 35.5. The summed E-state index contributed by atoms with van der Waals surface area (Å²) in [6.45, 7) is 6.78. The van der Waals surface area contributed by atoms with Crippen LogP contribution in [0.2, 0.25) is 0 Å².